The summed E-state index contributed by atoms with van der Waals surface area (Å²) in [5, 5.41) is 10.2. The minimum absolute atomic E-state index is 0.0998. The van der Waals surface area contributed by atoms with Crippen LogP contribution < -0.4 is 9.47 Å². The summed E-state index contributed by atoms with van der Waals surface area (Å²) in [5.41, 5.74) is 1.65. The first-order valence-corrected chi connectivity index (χ1v) is 9.87. The molecular formula is C23H27NO4. The van der Waals surface area contributed by atoms with Crippen LogP contribution in [0.2, 0.25) is 0 Å². The van der Waals surface area contributed by atoms with Gasteiger partial charge in [-0.1, -0.05) is 36.4 Å². The van der Waals surface area contributed by atoms with Gasteiger partial charge in [0.05, 0.1) is 20.3 Å². The molecule has 28 heavy (non-hydrogen) atoms. The molecule has 0 unspecified atom stereocenters. The second kappa shape index (κ2) is 7.94. The topological polar surface area (TPSA) is 59.0 Å². The van der Waals surface area contributed by atoms with Gasteiger partial charge in [-0.15, -0.1) is 0 Å². The van der Waals surface area contributed by atoms with Crippen LogP contribution in [-0.2, 0) is 0 Å². The van der Waals surface area contributed by atoms with E-state index in [9.17, 15) is 9.90 Å². The molecule has 1 fully saturated rings. The molecule has 2 aromatic carbocycles. The summed E-state index contributed by atoms with van der Waals surface area (Å²) in [6, 6.07) is 15.4. The number of methoxy groups -OCH3 is 1. The normalized spacial score (nSPS) is 23.6. The van der Waals surface area contributed by atoms with Gasteiger partial charge in [0.2, 0.25) is 0 Å². The molecule has 2 aliphatic rings. The highest BCUT2D eigenvalue weighted by molar-refractivity contribution is 5.95. The molecule has 1 saturated heterocycles. The van der Waals surface area contributed by atoms with Gasteiger partial charge >= 0.3 is 0 Å². The molecule has 5 nitrogen and oxygen atoms in total. The van der Waals surface area contributed by atoms with Crippen molar-refractivity contribution in [2.45, 2.75) is 18.8 Å². The number of benzene rings is 2. The number of carbonyl (C=O) groups is 1. The molecule has 1 N–H and O–H groups in total. The largest absolute Gasteiger partial charge is 0.497 e. The number of aliphatic hydroxyl groups is 1. The lowest BCUT2D eigenvalue weighted by molar-refractivity contribution is 0.0459. The number of rotatable bonds is 7. The molecule has 0 aromatic heterocycles. The van der Waals surface area contributed by atoms with E-state index in [1.54, 1.807) is 7.11 Å². The van der Waals surface area contributed by atoms with Crippen molar-refractivity contribution in [2.24, 2.45) is 5.41 Å². The van der Waals surface area contributed by atoms with Crippen LogP contribution in [0.3, 0.4) is 0 Å². The van der Waals surface area contributed by atoms with E-state index in [4.69, 9.17) is 9.47 Å². The molecule has 0 radical (unpaired) electrons. The van der Waals surface area contributed by atoms with Gasteiger partial charge in [-0.05, 0) is 24.6 Å². The number of carbonyl (C=O) groups excluding carboxylic acids is 1. The van der Waals surface area contributed by atoms with E-state index >= 15 is 0 Å². The maximum absolute atomic E-state index is 12.3. The number of Topliss-reactive ketones (excluding diaryl/α,β-unsaturated/α-hetero) is 1. The Balaban J connectivity index is 1.41. The number of hydrogen-bond acceptors (Lipinski definition) is 5. The monoisotopic (exact) mass is 381 g/mol. The third-order valence-corrected chi connectivity index (χ3v) is 6.12. The Hall–Kier alpha value is -2.37. The maximum Gasteiger partial charge on any atom is 0.162 e. The fourth-order valence-corrected chi connectivity index (χ4v) is 4.53. The SMILES string of the molecule is COc1ccc2c(c1)OC[C@]1(CO)CN(CCCC(=O)c3ccccc3)C[C@H]21. The number of ether oxygens (including phenoxy) is 2. The second-order valence-corrected chi connectivity index (χ2v) is 7.89. The molecule has 4 rings (SSSR count). The van der Waals surface area contributed by atoms with Crippen LogP contribution in [0.1, 0.15) is 34.7 Å². The Morgan fingerprint density at radius 2 is 2.11 bits per heavy atom. The molecule has 0 spiro atoms. The highest BCUT2D eigenvalue weighted by atomic mass is 16.5. The van der Waals surface area contributed by atoms with Crippen LogP contribution in [0.15, 0.2) is 48.5 Å². The molecule has 0 amide bonds. The van der Waals surface area contributed by atoms with Crippen molar-refractivity contribution in [3.8, 4) is 11.5 Å². The average Bonchev–Trinajstić information content (AvgIpc) is 3.13. The quantitative estimate of drug-likeness (QED) is 0.747. The molecule has 2 aliphatic heterocycles. The predicted octanol–water partition coefficient (Wildman–Crippen LogP) is 3.13. The minimum atomic E-state index is -0.273. The van der Waals surface area contributed by atoms with Crippen LogP contribution in [0, 0.1) is 5.41 Å². The van der Waals surface area contributed by atoms with Crippen molar-refractivity contribution >= 4 is 5.78 Å². The third-order valence-electron chi connectivity index (χ3n) is 6.12. The van der Waals surface area contributed by atoms with Crippen molar-refractivity contribution in [1.29, 1.82) is 0 Å². The average molecular weight is 381 g/mol. The van der Waals surface area contributed by atoms with Crippen molar-refractivity contribution in [3.05, 3.63) is 59.7 Å². The number of nitrogens with zero attached hydrogens (tertiary/aromatic N) is 1. The van der Waals surface area contributed by atoms with Crippen LogP contribution in [-0.4, -0.2) is 55.7 Å². The Morgan fingerprint density at radius 3 is 2.86 bits per heavy atom. The summed E-state index contributed by atoms with van der Waals surface area (Å²) in [7, 11) is 1.65. The van der Waals surface area contributed by atoms with Gasteiger partial charge in [-0.2, -0.15) is 0 Å². The fraction of sp³-hybridized carbons (Fsp3) is 0.435. The fourth-order valence-electron chi connectivity index (χ4n) is 4.53. The summed E-state index contributed by atoms with van der Waals surface area (Å²) >= 11 is 0. The molecule has 0 saturated carbocycles. The summed E-state index contributed by atoms with van der Waals surface area (Å²) in [6.07, 6.45) is 1.36. The minimum Gasteiger partial charge on any atom is -0.497 e. The zero-order valence-corrected chi connectivity index (χ0v) is 16.3. The van der Waals surface area contributed by atoms with Crippen LogP contribution in [0.25, 0.3) is 0 Å². The predicted molar refractivity (Wildman–Crippen MR) is 107 cm³/mol. The molecule has 148 valence electrons. The van der Waals surface area contributed by atoms with E-state index in [0.717, 1.165) is 48.7 Å². The van der Waals surface area contributed by atoms with Gasteiger partial charge in [0, 0.05) is 42.5 Å². The van der Waals surface area contributed by atoms with E-state index in [-0.39, 0.29) is 23.7 Å². The molecule has 2 atom stereocenters. The van der Waals surface area contributed by atoms with Crippen LogP contribution >= 0.6 is 0 Å². The first kappa shape index (κ1) is 19.0. The highest BCUT2D eigenvalue weighted by Gasteiger charge is 2.50. The van der Waals surface area contributed by atoms with Gasteiger partial charge in [0.25, 0.3) is 0 Å². The molecule has 0 bridgehead atoms. The first-order chi connectivity index (χ1) is 13.6. The summed E-state index contributed by atoms with van der Waals surface area (Å²) < 4.78 is 11.3. The maximum atomic E-state index is 12.3. The first-order valence-electron chi connectivity index (χ1n) is 9.87. The van der Waals surface area contributed by atoms with Gasteiger partial charge < -0.3 is 19.5 Å². The van der Waals surface area contributed by atoms with Gasteiger partial charge in [-0.25, -0.2) is 0 Å². The summed E-state index contributed by atoms with van der Waals surface area (Å²) in [4.78, 5) is 14.7. The lowest BCUT2D eigenvalue weighted by Crippen LogP contribution is -2.42. The molecule has 0 aliphatic carbocycles. The van der Waals surface area contributed by atoms with Crippen molar-refractivity contribution in [2.75, 3.05) is 40.0 Å². The summed E-state index contributed by atoms with van der Waals surface area (Å²) in [6.45, 7) is 3.13. The Kier molecular flexibility index (Phi) is 5.38. The smallest absolute Gasteiger partial charge is 0.162 e. The van der Waals surface area contributed by atoms with Crippen LogP contribution in [0.5, 0.6) is 11.5 Å². The molecular weight excluding hydrogens is 354 g/mol. The highest BCUT2D eigenvalue weighted by Crippen LogP contribution is 2.50. The van der Waals surface area contributed by atoms with Crippen molar-refractivity contribution in [3.63, 3.8) is 0 Å². The van der Waals surface area contributed by atoms with Crippen molar-refractivity contribution < 1.29 is 19.4 Å². The Labute approximate surface area is 165 Å². The number of aliphatic hydroxyl groups excluding tert-OH is 1. The molecule has 2 aromatic rings. The van der Waals surface area contributed by atoms with E-state index in [0.29, 0.717) is 13.0 Å². The second-order valence-electron chi connectivity index (χ2n) is 7.89. The van der Waals surface area contributed by atoms with Gasteiger partial charge in [-0.3, -0.25) is 4.79 Å². The van der Waals surface area contributed by atoms with E-state index < -0.39 is 0 Å². The standard InChI is InChI=1S/C23H27NO4/c1-27-18-9-10-19-20-13-24(14-23(20,15-25)16-28-22(19)12-18)11-5-8-21(26)17-6-3-2-4-7-17/h2-4,6-7,9-10,12,20,25H,5,8,11,13-16H2,1H3/t20-,23-/m1/s1. The lowest BCUT2D eigenvalue weighted by Gasteiger charge is -2.38. The van der Waals surface area contributed by atoms with Crippen molar-refractivity contribution in [1.82, 2.24) is 4.90 Å². The number of hydrogen-bond donors (Lipinski definition) is 1. The van der Waals surface area contributed by atoms with Crippen LogP contribution in [0.4, 0.5) is 0 Å². The zero-order chi connectivity index (χ0) is 19.6. The number of fused-ring (bicyclic) bond motifs is 3. The molecule has 5 heteroatoms. The molecule has 2 heterocycles. The van der Waals surface area contributed by atoms with E-state index in [1.165, 1.54) is 0 Å². The summed E-state index contributed by atoms with van der Waals surface area (Å²) in [5.74, 6) is 2.06. The Bertz CT molecular complexity index is 838. The van der Waals surface area contributed by atoms with E-state index in [1.807, 2.05) is 42.5 Å². The van der Waals surface area contributed by atoms with E-state index in [2.05, 4.69) is 11.0 Å². The zero-order valence-electron chi connectivity index (χ0n) is 16.3. The Morgan fingerprint density at radius 1 is 1.29 bits per heavy atom. The third kappa shape index (κ3) is 3.52. The number of likely N-dealkylation sites (tertiary alicyclic amines) is 1. The van der Waals surface area contributed by atoms with Gasteiger partial charge in [0.15, 0.2) is 5.78 Å². The van der Waals surface area contributed by atoms with Gasteiger partial charge in [0.1, 0.15) is 11.5 Å². The number of ketones is 1. The lowest BCUT2D eigenvalue weighted by atomic mass is 9.74.